The van der Waals surface area contributed by atoms with E-state index >= 15 is 0 Å². The molecule has 0 aliphatic heterocycles. The van der Waals surface area contributed by atoms with Gasteiger partial charge in [-0.2, -0.15) is 0 Å². The standard InChI is InChI=1S/C23H21ClN4O2S/c1-13-11-14(2)26-23(25-13)27-20(16-6-8-17(24)9-7-16)18-12-15(3)31-22(18)28-21(29)19-5-4-10-30-19/h4-12,20H,1-3H3,(H,28,29)(H,25,26,27)/t20-/m1/s1. The summed E-state index contributed by atoms with van der Waals surface area (Å²) < 4.78 is 5.24. The molecule has 0 aliphatic carbocycles. The van der Waals surface area contributed by atoms with Gasteiger partial charge in [-0.1, -0.05) is 23.7 Å². The number of carbonyl (C=O) groups excluding carboxylic acids is 1. The van der Waals surface area contributed by atoms with Crippen molar-refractivity contribution in [3.8, 4) is 0 Å². The van der Waals surface area contributed by atoms with Gasteiger partial charge in [-0.05, 0) is 62.7 Å². The molecule has 158 valence electrons. The van der Waals surface area contributed by atoms with Crippen LogP contribution in [0.25, 0.3) is 0 Å². The first-order valence-corrected chi connectivity index (χ1v) is 10.9. The maximum atomic E-state index is 12.6. The number of carbonyl (C=O) groups is 1. The summed E-state index contributed by atoms with van der Waals surface area (Å²) in [6.07, 6.45) is 1.48. The van der Waals surface area contributed by atoms with E-state index in [4.69, 9.17) is 16.0 Å². The summed E-state index contributed by atoms with van der Waals surface area (Å²) in [5.41, 5.74) is 3.63. The highest BCUT2D eigenvalue weighted by molar-refractivity contribution is 7.16. The Morgan fingerprint density at radius 2 is 1.77 bits per heavy atom. The highest BCUT2D eigenvalue weighted by Gasteiger charge is 2.23. The minimum Gasteiger partial charge on any atom is -0.459 e. The number of amides is 1. The molecule has 3 heterocycles. The lowest BCUT2D eigenvalue weighted by atomic mass is 10.00. The molecule has 0 radical (unpaired) electrons. The minimum atomic E-state index is -0.300. The summed E-state index contributed by atoms with van der Waals surface area (Å²) in [5.74, 6) is 0.473. The molecular weight excluding hydrogens is 432 g/mol. The Kier molecular flexibility index (Phi) is 6.06. The Balaban J connectivity index is 1.74. The van der Waals surface area contributed by atoms with E-state index in [9.17, 15) is 4.79 Å². The van der Waals surface area contributed by atoms with E-state index in [1.165, 1.54) is 17.6 Å². The maximum absolute atomic E-state index is 12.6. The van der Waals surface area contributed by atoms with Gasteiger partial charge in [0, 0.05) is 26.9 Å². The Bertz CT molecular complexity index is 1180. The van der Waals surface area contributed by atoms with Gasteiger partial charge in [-0.15, -0.1) is 11.3 Å². The van der Waals surface area contributed by atoms with Crippen LogP contribution >= 0.6 is 22.9 Å². The van der Waals surface area contributed by atoms with Crippen LogP contribution in [0.2, 0.25) is 5.02 Å². The summed E-state index contributed by atoms with van der Waals surface area (Å²) in [5, 5.41) is 7.81. The summed E-state index contributed by atoms with van der Waals surface area (Å²) in [7, 11) is 0. The Morgan fingerprint density at radius 3 is 2.42 bits per heavy atom. The van der Waals surface area contributed by atoms with Crippen LogP contribution in [0, 0.1) is 20.8 Å². The molecule has 4 rings (SSSR count). The number of aryl methyl sites for hydroxylation is 3. The van der Waals surface area contributed by atoms with Crippen LogP contribution in [0.15, 0.2) is 59.2 Å². The zero-order chi connectivity index (χ0) is 22.0. The topological polar surface area (TPSA) is 80.0 Å². The van der Waals surface area contributed by atoms with Crippen molar-refractivity contribution in [2.24, 2.45) is 0 Å². The SMILES string of the molecule is Cc1cc(C)nc(N[C@H](c2ccc(Cl)cc2)c2cc(C)sc2NC(=O)c2ccco2)n1. The van der Waals surface area contributed by atoms with Crippen LogP contribution in [0.4, 0.5) is 10.9 Å². The zero-order valence-electron chi connectivity index (χ0n) is 17.3. The van der Waals surface area contributed by atoms with Crippen molar-refractivity contribution in [2.75, 3.05) is 10.6 Å². The van der Waals surface area contributed by atoms with Crippen LogP contribution in [-0.4, -0.2) is 15.9 Å². The largest absolute Gasteiger partial charge is 0.459 e. The fraction of sp³-hybridized carbons (Fsp3) is 0.174. The molecule has 0 unspecified atom stereocenters. The Labute approximate surface area is 189 Å². The van der Waals surface area contributed by atoms with E-state index in [0.717, 1.165) is 32.4 Å². The number of benzene rings is 1. The number of halogens is 1. The Hall–Kier alpha value is -3.16. The van der Waals surface area contributed by atoms with Gasteiger partial charge in [0.15, 0.2) is 5.76 Å². The van der Waals surface area contributed by atoms with Crippen molar-refractivity contribution in [3.63, 3.8) is 0 Å². The lowest BCUT2D eigenvalue weighted by Crippen LogP contribution is -2.17. The van der Waals surface area contributed by atoms with Gasteiger partial charge in [0.1, 0.15) is 5.00 Å². The zero-order valence-corrected chi connectivity index (χ0v) is 18.8. The van der Waals surface area contributed by atoms with Crippen LogP contribution < -0.4 is 10.6 Å². The van der Waals surface area contributed by atoms with Crippen LogP contribution in [-0.2, 0) is 0 Å². The summed E-state index contributed by atoms with van der Waals surface area (Å²) in [6, 6.07) is 14.6. The molecule has 2 N–H and O–H groups in total. The third-order valence-electron chi connectivity index (χ3n) is 4.63. The van der Waals surface area contributed by atoms with Crippen LogP contribution in [0.1, 0.15) is 44.0 Å². The second-order valence-corrected chi connectivity index (χ2v) is 8.87. The number of nitrogens with zero attached hydrogens (tertiary/aromatic N) is 2. The van der Waals surface area contributed by atoms with Gasteiger partial charge < -0.3 is 15.1 Å². The predicted molar refractivity (Wildman–Crippen MR) is 124 cm³/mol. The predicted octanol–water partition coefficient (Wildman–Crippen LogP) is 6.16. The molecule has 6 nitrogen and oxygen atoms in total. The number of nitrogens with one attached hydrogen (secondary N) is 2. The Morgan fingerprint density at radius 1 is 1.06 bits per heavy atom. The summed E-state index contributed by atoms with van der Waals surface area (Å²) in [4.78, 5) is 22.8. The van der Waals surface area contributed by atoms with Crippen molar-refractivity contribution in [1.29, 1.82) is 0 Å². The number of anilines is 2. The van der Waals surface area contributed by atoms with Crippen molar-refractivity contribution in [1.82, 2.24) is 9.97 Å². The number of rotatable bonds is 6. The third-order valence-corrected chi connectivity index (χ3v) is 5.86. The average molecular weight is 453 g/mol. The van der Waals surface area contributed by atoms with Gasteiger partial charge in [-0.3, -0.25) is 4.79 Å². The average Bonchev–Trinajstić information content (AvgIpc) is 3.36. The molecule has 31 heavy (non-hydrogen) atoms. The molecule has 1 atom stereocenters. The molecule has 0 aliphatic rings. The van der Waals surface area contributed by atoms with Crippen molar-refractivity contribution >= 4 is 39.8 Å². The molecule has 8 heteroatoms. The normalized spacial score (nSPS) is 11.9. The number of hydrogen-bond acceptors (Lipinski definition) is 6. The van der Waals surface area contributed by atoms with Gasteiger partial charge in [0.25, 0.3) is 5.91 Å². The smallest absolute Gasteiger partial charge is 0.291 e. The van der Waals surface area contributed by atoms with Crippen LogP contribution in [0.3, 0.4) is 0 Å². The lowest BCUT2D eigenvalue weighted by Gasteiger charge is -2.21. The molecule has 1 aromatic carbocycles. The quantitative estimate of drug-likeness (QED) is 0.366. The van der Waals surface area contributed by atoms with Crippen molar-refractivity contribution in [2.45, 2.75) is 26.8 Å². The molecule has 0 fully saturated rings. The second kappa shape index (κ2) is 8.91. The molecule has 4 aromatic rings. The molecule has 0 saturated carbocycles. The molecular formula is C23H21ClN4O2S. The van der Waals surface area contributed by atoms with E-state index in [2.05, 4.69) is 26.7 Å². The van der Waals surface area contributed by atoms with Crippen LogP contribution in [0.5, 0.6) is 0 Å². The van der Waals surface area contributed by atoms with Gasteiger partial charge in [0.2, 0.25) is 5.95 Å². The van der Waals surface area contributed by atoms with Crippen molar-refractivity contribution < 1.29 is 9.21 Å². The fourth-order valence-corrected chi connectivity index (χ4v) is 4.41. The van der Waals surface area contributed by atoms with Gasteiger partial charge in [0.05, 0.1) is 12.3 Å². The first-order chi connectivity index (χ1) is 14.9. The fourth-order valence-electron chi connectivity index (χ4n) is 3.33. The second-order valence-electron chi connectivity index (χ2n) is 7.18. The molecule has 0 spiro atoms. The maximum Gasteiger partial charge on any atom is 0.291 e. The lowest BCUT2D eigenvalue weighted by molar-refractivity contribution is 0.0997. The van der Waals surface area contributed by atoms with E-state index in [-0.39, 0.29) is 17.7 Å². The molecule has 3 aromatic heterocycles. The van der Waals surface area contributed by atoms with Gasteiger partial charge in [-0.25, -0.2) is 9.97 Å². The third kappa shape index (κ3) is 4.95. The minimum absolute atomic E-state index is 0.255. The number of thiophene rings is 1. The van der Waals surface area contributed by atoms with Gasteiger partial charge >= 0.3 is 0 Å². The summed E-state index contributed by atoms with van der Waals surface area (Å²) in [6.45, 7) is 5.87. The molecule has 0 saturated heterocycles. The van der Waals surface area contributed by atoms with E-state index in [1.807, 2.05) is 51.1 Å². The molecule has 0 bridgehead atoms. The van der Waals surface area contributed by atoms with E-state index < -0.39 is 0 Å². The highest BCUT2D eigenvalue weighted by Crippen LogP contribution is 2.37. The molecule has 1 amide bonds. The number of aromatic nitrogens is 2. The highest BCUT2D eigenvalue weighted by atomic mass is 35.5. The first-order valence-electron chi connectivity index (χ1n) is 9.68. The summed E-state index contributed by atoms with van der Waals surface area (Å²) >= 11 is 7.62. The number of hydrogen-bond donors (Lipinski definition) is 2. The van der Waals surface area contributed by atoms with Crippen molar-refractivity contribution in [3.05, 3.63) is 93.0 Å². The number of furan rings is 1. The van der Waals surface area contributed by atoms with E-state index in [1.54, 1.807) is 12.1 Å². The monoisotopic (exact) mass is 452 g/mol. The van der Waals surface area contributed by atoms with E-state index in [0.29, 0.717) is 11.0 Å². The first kappa shape index (κ1) is 21.1.